The number of nitrogens with zero attached hydrogens (tertiary/aromatic N) is 3. The van der Waals surface area contributed by atoms with E-state index < -0.39 is 33.8 Å². The van der Waals surface area contributed by atoms with Gasteiger partial charge in [-0.2, -0.15) is 15.4 Å². The number of halogens is 2. The van der Waals surface area contributed by atoms with Crippen LogP contribution in [0.3, 0.4) is 0 Å². The Morgan fingerprint density at radius 3 is 2.74 bits per heavy atom. The molecule has 98 valence electrons. The van der Waals surface area contributed by atoms with Crippen molar-refractivity contribution in [2.24, 2.45) is 0 Å². The van der Waals surface area contributed by atoms with Crippen LogP contribution in [0.4, 0.5) is 20.2 Å². The molecule has 1 amide bonds. The number of nitrogens with one attached hydrogen (secondary N) is 2. The molecule has 0 atom stereocenters. The highest BCUT2D eigenvalue weighted by atomic mass is 19.2. The Morgan fingerprint density at radius 1 is 1.42 bits per heavy atom. The van der Waals surface area contributed by atoms with Crippen LogP contribution in [0.2, 0.25) is 0 Å². The predicted molar refractivity (Wildman–Crippen MR) is 57.3 cm³/mol. The van der Waals surface area contributed by atoms with E-state index in [-0.39, 0.29) is 5.69 Å². The minimum absolute atomic E-state index is 0.224. The maximum atomic E-state index is 13.5. The minimum atomic E-state index is -1.52. The van der Waals surface area contributed by atoms with Gasteiger partial charge in [0.1, 0.15) is 0 Å². The van der Waals surface area contributed by atoms with Crippen molar-refractivity contribution in [3.63, 3.8) is 0 Å². The fraction of sp³-hybridized carbons (Fsp3) is 0. The van der Waals surface area contributed by atoms with E-state index in [1.54, 1.807) is 0 Å². The highest BCUT2D eigenvalue weighted by Crippen LogP contribution is 2.29. The first-order valence-corrected chi connectivity index (χ1v) is 4.80. The van der Waals surface area contributed by atoms with Gasteiger partial charge in [0, 0.05) is 6.07 Å². The molecule has 0 saturated carbocycles. The summed E-state index contributed by atoms with van der Waals surface area (Å²) in [6.45, 7) is 0. The number of aromatic amines is 1. The lowest BCUT2D eigenvalue weighted by atomic mass is 10.2. The van der Waals surface area contributed by atoms with Crippen molar-refractivity contribution in [1.29, 1.82) is 0 Å². The van der Waals surface area contributed by atoms with Gasteiger partial charge in [-0.1, -0.05) is 0 Å². The number of anilines is 1. The fourth-order valence-corrected chi connectivity index (χ4v) is 1.30. The first kappa shape index (κ1) is 12.5. The van der Waals surface area contributed by atoms with Crippen molar-refractivity contribution >= 4 is 17.3 Å². The Hall–Kier alpha value is -2.91. The number of nitro groups is 1. The van der Waals surface area contributed by atoms with Crippen molar-refractivity contribution in [1.82, 2.24) is 15.4 Å². The quantitative estimate of drug-likeness (QED) is 0.642. The number of aromatic nitrogens is 3. The van der Waals surface area contributed by atoms with E-state index in [1.165, 1.54) is 0 Å². The molecule has 0 unspecified atom stereocenters. The topological polar surface area (TPSA) is 114 Å². The molecular weight excluding hydrogens is 264 g/mol. The molecule has 2 rings (SSSR count). The molecule has 1 heterocycles. The Kier molecular flexibility index (Phi) is 3.14. The van der Waals surface area contributed by atoms with Crippen molar-refractivity contribution in [2.75, 3.05) is 5.32 Å². The molecular formula is C9H5F2N5O3. The van der Waals surface area contributed by atoms with Crippen LogP contribution in [0.15, 0.2) is 18.3 Å². The van der Waals surface area contributed by atoms with Gasteiger partial charge < -0.3 is 5.32 Å². The minimum Gasteiger partial charge on any atom is -0.312 e. The van der Waals surface area contributed by atoms with E-state index in [9.17, 15) is 23.7 Å². The van der Waals surface area contributed by atoms with Crippen LogP contribution in [-0.4, -0.2) is 26.2 Å². The first-order chi connectivity index (χ1) is 9.00. The van der Waals surface area contributed by atoms with E-state index in [4.69, 9.17) is 0 Å². The molecule has 19 heavy (non-hydrogen) atoms. The summed E-state index contributed by atoms with van der Waals surface area (Å²) in [5.74, 6) is -3.80. The van der Waals surface area contributed by atoms with Gasteiger partial charge in [0.2, 0.25) is 0 Å². The summed E-state index contributed by atoms with van der Waals surface area (Å²) >= 11 is 0. The molecule has 0 bridgehead atoms. The Balaban J connectivity index is 2.41. The summed E-state index contributed by atoms with van der Waals surface area (Å²) in [5, 5.41) is 21.5. The van der Waals surface area contributed by atoms with Gasteiger partial charge in [-0.25, -0.2) is 8.78 Å². The highest BCUT2D eigenvalue weighted by Gasteiger charge is 2.24. The highest BCUT2D eigenvalue weighted by molar-refractivity contribution is 6.03. The third kappa shape index (κ3) is 2.36. The van der Waals surface area contributed by atoms with Crippen LogP contribution >= 0.6 is 0 Å². The average Bonchev–Trinajstić information content (AvgIpc) is 2.88. The van der Waals surface area contributed by atoms with Gasteiger partial charge in [-0.05, 0) is 6.07 Å². The second-order valence-electron chi connectivity index (χ2n) is 3.32. The standard InChI is InChI=1S/C9H5F2N5O3/c10-4-1-2-6(16(18)19)8(7(4)11)13-9(17)5-3-12-15-14-5/h1-3H,(H,13,17)(H,12,14,15). The third-order valence-electron chi connectivity index (χ3n) is 2.16. The van der Waals surface area contributed by atoms with Gasteiger partial charge >= 0.3 is 0 Å². The first-order valence-electron chi connectivity index (χ1n) is 4.80. The van der Waals surface area contributed by atoms with Gasteiger partial charge in [-0.3, -0.25) is 14.9 Å². The molecule has 0 aliphatic carbocycles. The molecule has 0 spiro atoms. The number of rotatable bonds is 3. The third-order valence-corrected chi connectivity index (χ3v) is 2.16. The number of H-pyrrole nitrogens is 1. The van der Waals surface area contributed by atoms with Crippen molar-refractivity contribution in [3.8, 4) is 0 Å². The van der Waals surface area contributed by atoms with Crippen molar-refractivity contribution in [3.05, 3.63) is 45.8 Å². The van der Waals surface area contributed by atoms with Crippen LogP contribution in [0.25, 0.3) is 0 Å². The van der Waals surface area contributed by atoms with Crippen LogP contribution in [0.1, 0.15) is 10.5 Å². The van der Waals surface area contributed by atoms with Gasteiger partial charge in [0.25, 0.3) is 11.6 Å². The maximum Gasteiger partial charge on any atom is 0.296 e. The molecule has 0 saturated heterocycles. The van der Waals surface area contributed by atoms with E-state index >= 15 is 0 Å². The summed E-state index contributed by atoms with van der Waals surface area (Å²) in [5.41, 5.74) is -1.85. The molecule has 1 aromatic carbocycles. The molecule has 0 radical (unpaired) electrons. The molecule has 0 aliphatic rings. The number of benzene rings is 1. The zero-order valence-corrected chi connectivity index (χ0v) is 9.05. The SMILES string of the molecule is O=C(Nc1c([N+](=O)[O-])ccc(F)c1F)c1cn[nH]n1. The van der Waals surface area contributed by atoms with Crippen LogP contribution in [0.5, 0.6) is 0 Å². The monoisotopic (exact) mass is 269 g/mol. The summed E-state index contributed by atoms with van der Waals surface area (Å²) in [7, 11) is 0. The summed E-state index contributed by atoms with van der Waals surface area (Å²) in [4.78, 5) is 21.3. The molecule has 2 N–H and O–H groups in total. The number of hydrogen-bond donors (Lipinski definition) is 2. The van der Waals surface area contributed by atoms with Gasteiger partial charge in [-0.15, -0.1) is 0 Å². The van der Waals surface area contributed by atoms with E-state index in [1.807, 2.05) is 5.32 Å². The Labute approximate surface area is 103 Å². The smallest absolute Gasteiger partial charge is 0.296 e. The molecule has 2 aromatic rings. The molecule has 0 fully saturated rings. The zero-order chi connectivity index (χ0) is 14.0. The number of carbonyl (C=O) groups is 1. The zero-order valence-electron chi connectivity index (χ0n) is 9.05. The predicted octanol–water partition coefficient (Wildman–Crippen LogP) is 1.24. The van der Waals surface area contributed by atoms with Crippen molar-refractivity contribution < 1.29 is 18.5 Å². The maximum absolute atomic E-state index is 13.5. The van der Waals surface area contributed by atoms with Gasteiger partial charge in [0.15, 0.2) is 23.0 Å². The number of amides is 1. The van der Waals surface area contributed by atoms with Crippen LogP contribution in [0, 0.1) is 21.7 Å². The Morgan fingerprint density at radius 2 is 2.16 bits per heavy atom. The molecule has 0 aliphatic heterocycles. The van der Waals surface area contributed by atoms with E-state index in [0.717, 1.165) is 12.3 Å². The largest absolute Gasteiger partial charge is 0.312 e. The second-order valence-corrected chi connectivity index (χ2v) is 3.32. The van der Waals surface area contributed by atoms with Crippen molar-refractivity contribution in [2.45, 2.75) is 0 Å². The van der Waals surface area contributed by atoms with Crippen LogP contribution in [-0.2, 0) is 0 Å². The number of carbonyl (C=O) groups excluding carboxylic acids is 1. The summed E-state index contributed by atoms with van der Waals surface area (Å²) < 4.78 is 26.5. The molecule has 1 aromatic heterocycles. The molecule has 8 nitrogen and oxygen atoms in total. The number of hydrogen-bond acceptors (Lipinski definition) is 5. The lowest BCUT2D eigenvalue weighted by Crippen LogP contribution is -2.15. The Bertz CT molecular complexity index is 644. The normalized spacial score (nSPS) is 10.2. The lowest BCUT2D eigenvalue weighted by Gasteiger charge is -2.05. The summed E-state index contributed by atoms with van der Waals surface area (Å²) in [6, 6.07) is 1.34. The lowest BCUT2D eigenvalue weighted by molar-refractivity contribution is -0.384. The van der Waals surface area contributed by atoms with E-state index in [2.05, 4.69) is 15.4 Å². The number of nitro benzene ring substituents is 1. The second kappa shape index (κ2) is 4.76. The molecule has 10 heteroatoms. The fourth-order valence-electron chi connectivity index (χ4n) is 1.30. The summed E-state index contributed by atoms with van der Waals surface area (Å²) in [6.07, 6.45) is 1.03. The van der Waals surface area contributed by atoms with Gasteiger partial charge in [0.05, 0.1) is 11.1 Å². The van der Waals surface area contributed by atoms with Crippen LogP contribution < -0.4 is 5.32 Å². The van der Waals surface area contributed by atoms with E-state index in [0.29, 0.717) is 6.07 Å². The average molecular weight is 269 g/mol.